The summed E-state index contributed by atoms with van der Waals surface area (Å²) in [7, 11) is 0. The molecule has 122 valence electrons. The molecule has 5 nitrogen and oxygen atoms in total. The highest BCUT2D eigenvalue weighted by Gasteiger charge is 2.23. The topological polar surface area (TPSA) is 67.8 Å². The van der Waals surface area contributed by atoms with Crippen LogP contribution in [0.4, 0.5) is 0 Å². The van der Waals surface area contributed by atoms with Gasteiger partial charge in [-0.3, -0.25) is 14.6 Å². The van der Waals surface area contributed by atoms with E-state index >= 15 is 0 Å². The third kappa shape index (κ3) is 1.86. The molecule has 1 aromatic carbocycles. The Morgan fingerprint density at radius 3 is 2.84 bits per heavy atom. The van der Waals surface area contributed by atoms with Gasteiger partial charge in [-0.25, -0.2) is 0 Å². The fourth-order valence-corrected chi connectivity index (χ4v) is 3.88. The molecule has 0 amide bonds. The first kappa shape index (κ1) is 14.2. The molecule has 5 heteroatoms. The van der Waals surface area contributed by atoms with Crippen molar-refractivity contribution in [3.63, 3.8) is 0 Å². The van der Waals surface area contributed by atoms with Gasteiger partial charge in [0, 0.05) is 40.8 Å². The monoisotopic (exact) mass is 329 g/mol. The van der Waals surface area contributed by atoms with Crippen LogP contribution in [0.2, 0.25) is 0 Å². The van der Waals surface area contributed by atoms with Crippen LogP contribution in [0.5, 0.6) is 0 Å². The number of carbonyl (C=O) groups is 1. The van der Waals surface area contributed by atoms with Gasteiger partial charge >= 0.3 is 0 Å². The highest BCUT2D eigenvalue weighted by molar-refractivity contribution is 6.07. The number of fused-ring (bicyclic) bond motifs is 6. The Morgan fingerprint density at radius 2 is 2.00 bits per heavy atom. The van der Waals surface area contributed by atoms with E-state index in [0.29, 0.717) is 22.9 Å². The molecule has 3 aromatic heterocycles. The molecule has 5 rings (SSSR count). The fourth-order valence-electron chi connectivity index (χ4n) is 3.88. The summed E-state index contributed by atoms with van der Waals surface area (Å²) in [5.41, 5.74) is 4.50. The number of ketones is 1. The van der Waals surface area contributed by atoms with Crippen molar-refractivity contribution < 1.29 is 4.79 Å². The van der Waals surface area contributed by atoms with Gasteiger partial charge in [0.05, 0.1) is 16.8 Å². The van der Waals surface area contributed by atoms with E-state index in [1.54, 1.807) is 10.8 Å². The lowest BCUT2D eigenvalue weighted by atomic mass is 9.98. The largest absolute Gasteiger partial charge is 0.353 e. The van der Waals surface area contributed by atoms with E-state index in [1.807, 2.05) is 24.3 Å². The van der Waals surface area contributed by atoms with Crippen LogP contribution >= 0.6 is 0 Å². The van der Waals surface area contributed by atoms with Crippen LogP contribution in [0.1, 0.15) is 22.8 Å². The van der Waals surface area contributed by atoms with Crippen LogP contribution < -0.4 is 5.56 Å². The third-order valence-electron chi connectivity index (χ3n) is 5.07. The molecule has 0 bridgehead atoms. The molecule has 0 fully saturated rings. The zero-order chi connectivity index (χ0) is 17.1. The SMILES string of the molecule is CC(=O)c1cncc2c(=O)n3c(cc12)-c1[nH]c2ccccc2c1CC3. The van der Waals surface area contributed by atoms with Crippen LogP contribution in [0, 0.1) is 0 Å². The standard InChI is InChI=1S/C20H15N3O2/c1-11(24)15-9-21-10-16-14(15)8-18-19-13(6-7-23(18)20(16)25)12-4-2-3-5-17(12)22-19/h2-5,8-10,22H,6-7H2,1H3. The second kappa shape index (κ2) is 4.89. The van der Waals surface area contributed by atoms with Gasteiger partial charge in [0.2, 0.25) is 0 Å². The van der Waals surface area contributed by atoms with E-state index in [-0.39, 0.29) is 11.3 Å². The molecular weight excluding hydrogens is 314 g/mol. The molecule has 4 heterocycles. The number of pyridine rings is 2. The van der Waals surface area contributed by atoms with Crippen molar-refractivity contribution in [1.29, 1.82) is 0 Å². The molecule has 0 radical (unpaired) electrons. The first-order valence-corrected chi connectivity index (χ1v) is 8.27. The minimum atomic E-state index is -0.0904. The summed E-state index contributed by atoms with van der Waals surface area (Å²) in [6, 6.07) is 10.1. The van der Waals surface area contributed by atoms with Crippen molar-refractivity contribution >= 4 is 27.5 Å². The number of nitrogens with one attached hydrogen (secondary N) is 1. The second-order valence-corrected chi connectivity index (χ2v) is 6.46. The van der Waals surface area contributed by atoms with E-state index < -0.39 is 0 Å². The molecule has 0 spiro atoms. The van der Waals surface area contributed by atoms with E-state index in [9.17, 15) is 9.59 Å². The molecule has 1 aliphatic heterocycles. The van der Waals surface area contributed by atoms with E-state index in [1.165, 1.54) is 24.1 Å². The molecule has 0 saturated heterocycles. The molecule has 1 N–H and O–H groups in total. The number of Topliss-reactive ketones (excluding diaryl/α,β-unsaturated/α-hetero) is 1. The summed E-state index contributed by atoms with van der Waals surface area (Å²) < 4.78 is 1.78. The number of aryl methyl sites for hydroxylation is 1. The summed E-state index contributed by atoms with van der Waals surface area (Å²) in [5, 5.41) is 2.36. The molecule has 0 unspecified atom stereocenters. The molecule has 4 aromatic rings. The summed E-state index contributed by atoms with van der Waals surface area (Å²) in [4.78, 5) is 32.5. The Hall–Kier alpha value is -3.21. The summed E-state index contributed by atoms with van der Waals surface area (Å²) in [6.45, 7) is 2.13. The number of para-hydroxylation sites is 1. The first-order valence-electron chi connectivity index (χ1n) is 8.27. The first-order chi connectivity index (χ1) is 12.1. The molecule has 0 saturated carbocycles. The lowest BCUT2D eigenvalue weighted by molar-refractivity contribution is 0.101. The predicted molar refractivity (Wildman–Crippen MR) is 97.0 cm³/mol. The van der Waals surface area contributed by atoms with Crippen LogP contribution in [0.3, 0.4) is 0 Å². The minimum absolute atomic E-state index is 0.0878. The third-order valence-corrected chi connectivity index (χ3v) is 5.07. The average molecular weight is 329 g/mol. The zero-order valence-electron chi connectivity index (χ0n) is 13.7. The Bertz CT molecular complexity index is 1250. The molecule has 25 heavy (non-hydrogen) atoms. The maximum absolute atomic E-state index is 13.0. The number of nitrogens with zero attached hydrogens (tertiary/aromatic N) is 2. The van der Waals surface area contributed by atoms with Gasteiger partial charge in [-0.2, -0.15) is 0 Å². The van der Waals surface area contributed by atoms with Gasteiger partial charge in [-0.1, -0.05) is 18.2 Å². The fraction of sp³-hybridized carbons (Fsp3) is 0.150. The summed E-state index contributed by atoms with van der Waals surface area (Å²) in [5.74, 6) is -0.0878. The number of carbonyl (C=O) groups excluding carboxylic acids is 1. The highest BCUT2D eigenvalue weighted by atomic mass is 16.1. The normalized spacial score (nSPS) is 13.0. The minimum Gasteiger partial charge on any atom is -0.353 e. The number of benzene rings is 1. The maximum atomic E-state index is 13.0. The Balaban J connectivity index is 1.92. The van der Waals surface area contributed by atoms with Crippen molar-refractivity contribution in [1.82, 2.24) is 14.5 Å². The molecule has 1 aliphatic rings. The average Bonchev–Trinajstić information content (AvgIpc) is 3.00. The van der Waals surface area contributed by atoms with E-state index in [2.05, 4.69) is 16.0 Å². The maximum Gasteiger partial charge on any atom is 0.260 e. The van der Waals surface area contributed by atoms with Crippen LogP contribution in [0.15, 0.2) is 47.5 Å². The van der Waals surface area contributed by atoms with Crippen LogP contribution in [-0.2, 0) is 13.0 Å². The van der Waals surface area contributed by atoms with Gasteiger partial charge < -0.3 is 9.55 Å². The number of hydrogen-bond acceptors (Lipinski definition) is 3. The lowest BCUT2D eigenvalue weighted by Crippen LogP contribution is -2.26. The highest BCUT2D eigenvalue weighted by Crippen LogP contribution is 2.35. The summed E-state index contributed by atoms with van der Waals surface area (Å²) in [6.07, 6.45) is 3.89. The molecule has 0 atom stereocenters. The zero-order valence-corrected chi connectivity index (χ0v) is 13.7. The van der Waals surface area contributed by atoms with Crippen molar-refractivity contribution in [3.8, 4) is 11.4 Å². The number of rotatable bonds is 1. The van der Waals surface area contributed by atoms with Gasteiger partial charge in [-0.05, 0) is 31.0 Å². The van der Waals surface area contributed by atoms with Crippen molar-refractivity contribution in [3.05, 3.63) is 64.2 Å². The van der Waals surface area contributed by atoms with Crippen LogP contribution in [0.25, 0.3) is 33.1 Å². The van der Waals surface area contributed by atoms with E-state index in [4.69, 9.17) is 0 Å². The smallest absolute Gasteiger partial charge is 0.260 e. The second-order valence-electron chi connectivity index (χ2n) is 6.46. The summed E-state index contributed by atoms with van der Waals surface area (Å²) >= 11 is 0. The Labute approximate surface area is 142 Å². The molecular formula is C20H15N3O2. The number of hydrogen-bond donors (Lipinski definition) is 1. The van der Waals surface area contributed by atoms with Crippen LogP contribution in [-0.4, -0.2) is 20.3 Å². The Kier molecular flexibility index (Phi) is 2.77. The van der Waals surface area contributed by atoms with Crippen molar-refractivity contribution in [2.75, 3.05) is 0 Å². The molecule has 0 aliphatic carbocycles. The van der Waals surface area contributed by atoms with E-state index in [0.717, 1.165) is 23.3 Å². The van der Waals surface area contributed by atoms with Gasteiger partial charge in [-0.15, -0.1) is 0 Å². The number of aromatic amines is 1. The van der Waals surface area contributed by atoms with Gasteiger partial charge in [0.15, 0.2) is 5.78 Å². The predicted octanol–water partition coefficient (Wildman–Crippen LogP) is 3.30. The number of H-pyrrole nitrogens is 1. The van der Waals surface area contributed by atoms with Crippen molar-refractivity contribution in [2.24, 2.45) is 0 Å². The van der Waals surface area contributed by atoms with Crippen molar-refractivity contribution in [2.45, 2.75) is 19.9 Å². The van der Waals surface area contributed by atoms with Gasteiger partial charge in [0.1, 0.15) is 0 Å². The quantitative estimate of drug-likeness (QED) is 0.545. The van der Waals surface area contributed by atoms with Gasteiger partial charge in [0.25, 0.3) is 5.56 Å². The lowest BCUT2D eigenvalue weighted by Gasteiger charge is -2.20. The Morgan fingerprint density at radius 1 is 1.16 bits per heavy atom. The number of aromatic nitrogens is 3.